The van der Waals surface area contributed by atoms with Crippen molar-refractivity contribution in [1.82, 2.24) is 10.3 Å². The van der Waals surface area contributed by atoms with Crippen molar-refractivity contribution in [3.8, 4) is 0 Å². The van der Waals surface area contributed by atoms with Crippen LogP contribution in [0.5, 0.6) is 0 Å². The molecule has 88 valence electrons. The van der Waals surface area contributed by atoms with Crippen LogP contribution >= 0.6 is 27.3 Å². The van der Waals surface area contributed by atoms with Crippen molar-refractivity contribution in [1.29, 1.82) is 0 Å². The highest BCUT2D eigenvalue weighted by Crippen LogP contribution is 2.33. The molecule has 0 saturated heterocycles. The number of benzene rings is 1. The first-order valence-electron chi connectivity index (χ1n) is 5.74. The van der Waals surface area contributed by atoms with Gasteiger partial charge in [0.1, 0.15) is 5.01 Å². The van der Waals surface area contributed by atoms with E-state index in [0.29, 0.717) is 6.04 Å². The molecule has 0 radical (unpaired) electrons. The highest BCUT2D eigenvalue weighted by molar-refractivity contribution is 9.10. The van der Waals surface area contributed by atoms with E-state index in [-0.39, 0.29) is 6.04 Å². The van der Waals surface area contributed by atoms with Gasteiger partial charge in [-0.15, -0.1) is 11.3 Å². The van der Waals surface area contributed by atoms with Crippen LogP contribution in [0.15, 0.2) is 40.3 Å². The first kappa shape index (κ1) is 11.4. The van der Waals surface area contributed by atoms with Crippen molar-refractivity contribution >= 4 is 27.3 Å². The Morgan fingerprint density at radius 2 is 2.18 bits per heavy atom. The number of hydrogen-bond donors (Lipinski definition) is 1. The number of nitrogens with zero attached hydrogens (tertiary/aromatic N) is 1. The number of nitrogens with one attached hydrogen (secondary N) is 1. The fourth-order valence-corrected chi connectivity index (χ4v) is 3.09. The van der Waals surface area contributed by atoms with Crippen molar-refractivity contribution in [2.45, 2.75) is 24.9 Å². The zero-order valence-electron chi connectivity index (χ0n) is 9.27. The Morgan fingerprint density at radius 3 is 2.82 bits per heavy atom. The van der Waals surface area contributed by atoms with E-state index in [1.807, 2.05) is 17.6 Å². The summed E-state index contributed by atoms with van der Waals surface area (Å²) in [5.74, 6) is 0. The Bertz CT molecular complexity index is 494. The molecule has 17 heavy (non-hydrogen) atoms. The van der Waals surface area contributed by atoms with Gasteiger partial charge in [-0.1, -0.05) is 34.1 Å². The smallest absolute Gasteiger partial charge is 0.114 e. The molecule has 0 aliphatic heterocycles. The Morgan fingerprint density at radius 1 is 1.35 bits per heavy atom. The summed E-state index contributed by atoms with van der Waals surface area (Å²) in [6.45, 7) is 0. The third kappa shape index (κ3) is 2.59. The van der Waals surface area contributed by atoms with Gasteiger partial charge in [0.2, 0.25) is 0 Å². The molecule has 1 aliphatic carbocycles. The van der Waals surface area contributed by atoms with Crippen molar-refractivity contribution in [3.05, 3.63) is 50.9 Å². The zero-order valence-corrected chi connectivity index (χ0v) is 11.7. The third-order valence-corrected chi connectivity index (χ3v) is 4.46. The van der Waals surface area contributed by atoms with E-state index >= 15 is 0 Å². The molecule has 0 bridgehead atoms. The molecule has 0 spiro atoms. The standard InChI is InChI=1S/C13H13BrN2S/c14-11-4-2-1-3-10(11)12(16-9-5-6-9)13-15-7-8-17-13/h1-4,7-9,12,16H,5-6H2. The molecule has 2 nitrogen and oxygen atoms in total. The van der Waals surface area contributed by atoms with Crippen LogP contribution in [0.3, 0.4) is 0 Å². The topological polar surface area (TPSA) is 24.9 Å². The molecule has 4 heteroatoms. The minimum Gasteiger partial charge on any atom is -0.301 e. The summed E-state index contributed by atoms with van der Waals surface area (Å²) in [5, 5.41) is 6.85. The molecular formula is C13H13BrN2S. The van der Waals surface area contributed by atoms with Gasteiger partial charge in [-0.3, -0.25) is 0 Å². The molecular weight excluding hydrogens is 296 g/mol. The molecule has 1 heterocycles. The predicted octanol–water partition coefficient (Wildman–Crippen LogP) is 3.75. The lowest BCUT2D eigenvalue weighted by atomic mass is 10.1. The number of hydrogen-bond acceptors (Lipinski definition) is 3. The van der Waals surface area contributed by atoms with Crippen LogP contribution < -0.4 is 5.32 Å². The lowest BCUT2D eigenvalue weighted by molar-refractivity contribution is 0.596. The number of halogens is 1. The first-order valence-corrected chi connectivity index (χ1v) is 7.42. The van der Waals surface area contributed by atoms with Crippen molar-refractivity contribution < 1.29 is 0 Å². The second-order valence-electron chi connectivity index (χ2n) is 4.27. The molecule has 2 aromatic rings. The van der Waals surface area contributed by atoms with Gasteiger partial charge in [-0.05, 0) is 24.5 Å². The van der Waals surface area contributed by atoms with Gasteiger partial charge >= 0.3 is 0 Å². The largest absolute Gasteiger partial charge is 0.301 e. The van der Waals surface area contributed by atoms with Crippen LogP contribution in [0.25, 0.3) is 0 Å². The fourth-order valence-electron chi connectivity index (χ4n) is 1.87. The molecule has 1 fully saturated rings. The number of rotatable bonds is 4. The Kier molecular flexibility index (Phi) is 3.27. The Balaban J connectivity index is 1.95. The van der Waals surface area contributed by atoms with Gasteiger partial charge in [0.25, 0.3) is 0 Å². The summed E-state index contributed by atoms with van der Waals surface area (Å²) < 4.78 is 1.15. The van der Waals surface area contributed by atoms with Crippen LogP contribution in [0.4, 0.5) is 0 Å². The van der Waals surface area contributed by atoms with E-state index in [4.69, 9.17) is 0 Å². The lowest BCUT2D eigenvalue weighted by Crippen LogP contribution is -2.24. The number of thiazole rings is 1. The highest BCUT2D eigenvalue weighted by atomic mass is 79.9. The quantitative estimate of drug-likeness (QED) is 0.930. The summed E-state index contributed by atoms with van der Waals surface area (Å²) in [7, 11) is 0. The van der Waals surface area contributed by atoms with Gasteiger partial charge in [0.15, 0.2) is 0 Å². The normalized spacial score (nSPS) is 17.0. The minimum atomic E-state index is 0.220. The first-order chi connectivity index (χ1) is 8.34. The zero-order chi connectivity index (χ0) is 11.7. The predicted molar refractivity (Wildman–Crippen MR) is 74.3 cm³/mol. The van der Waals surface area contributed by atoms with E-state index in [1.165, 1.54) is 18.4 Å². The Labute approximate surface area is 113 Å². The second kappa shape index (κ2) is 4.88. The van der Waals surface area contributed by atoms with Crippen LogP contribution in [0, 0.1) is 0 Å². The average molecular weight is 309 g/mol. The van der Waals surface area contributed by atoms with Crippen LogP contribution in [-0.4, -0.2) is 11.0 Å². The summed E-state index contributed by atoms with van der Waals surface area (Å²) >= 11 is 5.34. The molecule has 3 rings (SSSR count). The molecule has 1 unspecified atom stereocenters. The van der Waals surface area contributed by atoms with Gasteiger partial charge in [-0.25, -0.2) is 4.98 Å². The van der Waals surface area contributed by atoms with Crippen LogP contribution in [-0.2, 0) is 0 Å². The van der Waals surface area contributed by atoms with Gasteiger partial charge in [-0.2, -0.15) is 0 Å². The highest BCUT2D eigenvalue weighted by Gasteiger charge is 2.28. The van der Waals surface area contributed by atoms with Crippen molar-refractivity contribution in [3.63, 3.8) is 0 Å². The van der Waals surface area contributed by atoms with Crippen LogP contribution in [0.1, 0.15) is 29.5 Å². The monoisotopic (exact) mass is 308 g/mol. The van der Waals surface area contributed by atoms with Crippen molar-refractivity contribution in [2.24, 2.45) is 0 Å². The van der Waals surface area contributed by atoms with E-state index in [1.54, 1.807) is 11.3 Å². The van der Waals surface area contributed by atoms with Gasteiger partial charge in [0.05, 0.1) is 6.04 Å². The Hall–Kier alpha value is -0.710. The van der Waals surface area contributed by atoms with Gasteiger partial charge < -0.3 is 5.32 Å². The molecule has 1 aromatic heterocycles. The van der Waals surface area contributed by atoms with E-state index < -0.39 is 0 Å². The molecule has 0 amide bonds. The van der Waals surface area contributed by atoms with E-state index in [2.05, 4.69) is 44.4 Å². The third-order valence-electron chi connectivity index (χ3n) is 2.89. The SMILES string of the molecule is Brc1ccccc1C(NC1CC1)c1nccs1. The molecule has 1 aromatic carbocycles. The van der Waals surface area contributed by atoms with Gasteiger partial charge in [0, 0.05) is 22.1 Å². The van der Waals surface area contributed by atoms with Crippen LogP contribution in [0.2, 0.25) is 0 Å². The number of aromatic nitrogens is 1. The summed E-state index contributed by atoms with van der Waals surface area (Å²) in [6, 6.07) is 9.25. The van der Waals surface area contributed by atoms with Crippen molar-refractivity contribution in [2.75, 3.05) is 0 Å². The summed E-state index contributed by atoms with van der Waals surface area (Å²) in [4.78, 5) is 4.45. The maximum absolute atomic E-state index is 4.45. The average Bonchev–Trinajstić information content (AvgIpc) is 3.00. The minimum absolute atomic E-state index is 0.220. The van der Waals surface area contributed by atoms with E-state index in [0.717, 1.165) is 9.48 Å². The molecule has 1 saturated carbocycles. The van der Waals surface area contributed by atoms with E-state index in [9.17, 15) is 0 Å². The molecule has 1 aliphatic rings. The molecule has 1 atom stereocenters. The summed E-state index contributed by atoms with van der Waals surface area (Å²) in [6.07, 6.45) is 4.44. The second-order valence-corrected chi connectivity index (χ2v) is 6.05. The maximum Gasteiger partial charge on any atom is 0.114 e. The fraction of sp³-hybridized carbons (Fsp3) is 0.308. The summed E-state index contributed by atoms with van der Waals surface area (Å²) in [5.41, 5.74) is 1.27. The molecule has 1 N–H and O–H groups in total. The lowest BCUT2D eigenvalue weighted by Gasteiger charge is -2.18. The maximum atomic E-state index is 4.45.